The number of thiophene rings is 1. The van der Waals surface area contributed by atoms with Crippen molar-refractivity contribution in [3.8, 4) is 9.88 Å². The van der Waals surface area contributed by atoms with Crippen molar-refractivity contribution >= 4 is 28.6 Å². The zero-order valence-electron chi connectivity index (χ0n) is 9.30. The Hall–Kier alpha value is -1.20. The van der Waals surface area contributed by atoms with Crippen LogP contribution in [0.1, 0.15) is 18.5 Å². The van der Waals surface area contributed by atoms with Gasteiger partial charge < -0.3 is 4.74 Å². The van der Waals surface area contributed by atoms with Crippen molar-refractivity contribution in [1.29, 1.82) is 0 Å². The summed E-state index contributed by atoms with van der Waals surface area (Å²) in [5, 5.41) is 5.01. The third-order valence-corrected chi connectivity index (χ3v) is 4.93. The number of ether oxygens (including phenoxy) is 1. The van der Waals surface area contributed by atoms with E-state index in [9.17, 15) is 4.79 Å². The van der Waals surface area contributed by atoms with Crippen LogP contribution in [0.5, 0.6) is 0 Å². The Morgan fingerprint density at radius 2 is 2.29 bits per heavy atom. The summed E-state index contributed by atoms with van der Waals surface area (Å²) in [4.78, 5) is 17.5. The standard InChI is InChI=1S/C12H11NO2S2/c1-15-11(14)12(4-5-12)9-7-17-10(13-9)8-3-2-6-16-8/h2-3,6-7H,4-5H2,1H3. The van der Waals surface area contributed by atoms with Gasteiger partial charge in [-0.05, 0) is 24.3 Å². The molecule has 3 nitrogen and oxygen atoms in total. The number of methoxy groups -OCH3 is 1. The summed E-state index contributed by atoms with van der Waals surface area (Å²) >= 11 is 3.26. The van der Waals surface area contributed by atoms with Crippen molar-refractivity contribution in [3.05, 3.63) is 28.6 Å². The van der Waals surface area contributed by atoms with Gasteiger partial charge in [-0.2, -0.15) is 0 Å². The van der Waals surface area contributed by atoms with Crippen LogP contribution in [0.15, 0.2) is 22.9 Å². The zero-order chi connectivity index (χ0) is 11.9. The first kappa shape index (κ1) is 10.9. The first-order valence-corrected chi connectivity index (χ1v) is 7.10. The molecule has 1 saturated carbocycles. The number of rotatable bonds is 3. The van der Waals surface area contributed by atoms with Crippen LogP contribution in [0, 0.1) is 0 Å². The maximum absolute atomic E-state index is 11.7. The van der Waals surface area contributed by atoms with Gasteiger partial charge in [-0.1, -0.05) is 6.07 Å². The molecule has 1 aliphatic carbocycles. The molecule has 17 heavy (non-hydrogen) atoms. The number of hydrogen-bond acceptors (Lipinski definition) is 5. The van der Waals surface area contributed by atoms with Gasteiger partial charge in [-0.3, -0.25) is 4.79 Å². The van der Waals surface area contributed by atoms with Crippen molar-refractivity contribution in [2.45, 2.75) is 18.3 Å². The normalized spacial score (nSPS) is 16.8. The number of carbonyl (C=O) groups is 1. The lowest BCUT2D eigenvalue weighted by Gasteiger charge is -2.08. The van der Waals surface area contributed by atoms with Gasteiger partial charge in [0.1, 0.15) is 10.4 Å². The second-order valence-electron chi connectivity index (χ2n) is 4.09. The highest BCUT2D eigenvalue weighted by molar-refractivity contribution is 7.20. The Morgan fingerprint density at radius 3 is 2.88 bits per heavy atom. The maximum Gasteiger partial charge on any atom is 0.317 e. The van der Waals surface area contributed by atoms with Gasteiger partial charge in [0.25, 0.3) is 0 Å². The van der Waals surface area contributed by atoms with E-state index in [1.165, 1.54) is 7.11 Å². The Morgan fingerprint density at radius 1 is 1.47 bits per heavy atom. The predicted molar refractivity (Wildman–Crippen MR) is 68.4 cm³/mol. The molecule has 0 N–H and O–H groups in total. The summed E-state index contributed by atoms with van der Waals surface area (Å²) in [5.41, 5.74) is 0.429. The van der Waals surface area contributed by atoms with E-state index in [0.717, 1.165) is 28.4 Å². The largest absolute Gasteiger partial charge is 0.468 e. The molecule has 0 saturated heterocycles. The van der Waals surface area contributed by atoms with Crippen molar-refractivity contribution in [2.24, 2.45) is 0 Å². The number of carbonyl (C=O) groups excluding carboxylic acids is 1. The zero-order valence-corrected chi connectivity index (χ0v) is 10.9. The van der Waals surface area contributed by atoms with Crippen LogP contribution in [0.25, 0.3) is 9.88 Å². The van der Waals surface area contributed by atoms with E-state index in [4.69, 9.17) is 4.74 Å². The number of aromatic nitrogens is 1. The molecule has 0 spiro atoms. The van der Waals surface area contributed by atoms with Crippen LogP contribution < -0.4 is 0 Å². The van der Waals surface area contributed by atoms with E-state index in [2.05, 4.69) is 4.98 Å². The van der Waals surface area contributed by atoms with Crippen molar-refractivity contribution in [1.82, 2.24) is 4.98 Å². The Kier molecular flexibility index (Phi) is 2.52. The Bertz CT molecular complexity index is 541. The molecule has 2 aromatic rings. The molecule has 2 heterocycles. The summed E-state index contributed by atoms with van der Waals surface area (Å²) < 4.78 is 4.86. The first-order chi connectivity index (χ1) is 8.26. The van der Waals surface area contributed by atoms with Crippen molar-refractivity contribution in [3.63, 3.8) is 0 Å². The minimum atomic E-state index is -0.444. The number of nitrogens with zero attached hydrogens (tertiary/aromatic N) is 1. The van der Waals surface area contributed by atoms with Gasteiger partial charge in [0.2, 0.25) is 0 Å². The number of thiazole rings is 1. The summed E-state index contributed by atoms with van der Waals surface area (Å²) in [6.45, 7) is 0. The highest BCUT2D eigenvalue weighted by Gasteiger charge is 2.54. The van der Waals surface area contributed by atoms with Gasteiger partial charge in [0.05, 0.1) is 17.7 Å². The predicted octanol–water partition coefficient (Wildman–Crippen LogP) is 3.08. The lowest BCUT2D eigenvalue weighted by molar-refractivity contribution is -0.143. The minimum absolute atomic E-state index is 0.152. The summed E-state index contributed by atoms with van der Waals surface area (Å²) in [6.07, 6.45) is 1.71. The van der Waals surface area contributed by atoms with Gasteiger partial charge in [-0.25, -0.2) is 4.98 Å². The summed E-state index contributed by atoms with van der Waals surface area (Å²) in [6, 6.07) is 4.05. The fourth-order valence-corrected chi connectivity index (χ4v) is 3.62. The molecule has 88 valence electrons. The molecular weight excluding hydrogens is 254 g/mol. The smallest absolute Gasteiger partial charge is 0.317 e. The highest BCUT2D eigenvalue weighted by Crippen LogP contribution is 2.49. The molecule has 0 bridgehead atoms. The lowest BCUT2D eigenvalue weighted by atomic mass is 10.0. The van der Waals surface area contributed by atoms with Crippen LogP contribution in [0.2, 0.25) is 0 Å². The average Bonchev–Trinajstić information content (AvgIpc) is 2.84. The molecule has 0 aliphatic heterocycles. The molecule has 1 aliphatic rings. The molecular formula is C12H11NO2S2. The Labute approximate surface area is 107 Å². The van der Waals surface area contributed by atoms with E-state index < -0.39 is 5.41 Å². The molecule has 0 amide bonds. The third-order valence-electron chi connectivity index (χ3n) is 3.05. The maximum atomic E-state index is 11.7. The number of hydrogen-bond donors (Lipinski definition) is 0. The molecule has 3 rings (SSSR count). The lowest BCUT2D eigenvalue weighted by Crippen LogP contribution is -2.22. The van der Waals surface area contributed by atoms with E-state index in [-0.39, 0.29) is 5.97 Å². The molecule has 0 aromatic carbocycles. The van der Waals surface area contributed by atoms with E-state index in [1.54, 1.807) is 22.7 Å². The fourth-order valence-electron chi connectivity index (χ4n) is 1.89. The monoisotopic (exact) mass is 265 g/mol. The third kappa shape index (κ3) is 1.70. The minimum Gasteiger partial charge on any atom is -0.468 e. The van der Waals surface area contributed by atoms with Crippen LogP contribution >= 0.6 is 22.7 Å². The van der Waals surface area contributed by atoms with Crippen LogP contribution in [-0.2, 0) is 14.9 Å². The molecule has 2 aromatic heterocycles. The molecule has 0 unspecified atom stereocenters. The molecule has 0 radical (unpaired) electrons. The Balaban J connectivity index is 1.94. The van der Waals surface area contributed by atoms with Gasteiger partial charge in [0, 0.05) is 5.38 Å². The topological polar surface area (TPSA) is 39.2 Å². The van der Waals surface area contributed by atoms with E-state index >= 15 is 0 Å². The van der Waals surface area contributed by atoms with Gasteiger partial charge >= 0.3 is 5.97 Å². The van der Waals surface area contributed by atoms with Crippen LogP contribution in [-0.4, -0.2) is 18.1 Å². The summed E-state index contributed by atoms with van der Waals surface area (Å²) in [5.74, 6) is -0.152. The quantitative estimate of drug-likeness (QED) is 0.801. The molecule has 5 heteroatoms. The van der Waals surface area contributed by atoms with Crippen LogP contribution in [0.3, 0.4) is 0 Å². The van der Waals surface area contributed by atoms with Crippen LogP contribution in [0.4, 0.5) is 0 Å². The molecule has 0 atom stereocenters. The van der Waals surface area contributed by atoms with Gasteiger partial charge in [0.15, 0.2) is 0 Å². The van der Waals surface area contributed by atoms with E-state index in [1.807, 2.05) is 22.9 Å². The van der Waals surface area contributed by atoms with E-state index in [0.29, 0.717) is 0 Å². The summed E-state index contributed by atoms with van der Waals surface area (Å²) in [7, 11) is 1.44. The van der Waals surface area contributed by atoms with Crippen molar-refractivity contribution < 1.29 is 9.53 Å². The second kappa shape index (κ2) is 3.92. The SMILES string of the molecule is COC(=O)C1(c2csc(-c3cccs3)n2)CC1. The first-order valence-electron chi connectivity index (χ1n) is 5.34. The molecule has 1 fully saturated rings. The second-order valence-corrected chi connectivity index (χ2v) is 5.89. The number of esters is 1. The van der Waals surface area contributed by atoms with Crippen molar-refractivity contribution in [2.75, 3.05) is 7.11 Å². The highest BCUT2D eigenvalue weighted by atomic mass is 32.1. The fraction of sp³-hybridized carbons (Fsp3) is 0.333. The average molecular weight is 265 g/mol. The van der Waals surface area contributed by atoms with Gasteiger partial charge in [-0.15, -0.1) is 22.7 Å².